The number of halogens is 1. The second-order valence-electron chi connectivity index (χ2n) is 3.56. The molecule has 4 heteroatoms. The zero-order valence-electron chi connectivity index (χ0n) is 9.05. The number of hydrogen-bond acceptors (Lipinski definition) is 2. The van der Waals surface area contributed by atoms with Gasteiger partial charge in [0.15, 0.2) is 0 Å². The second-order valence-corrected chi connectivity index (χ2v) is 5.36. The molecule has 84 valence electrons. The molecule has 1 rings (SSSR count). The number of hydrogen-bond donors (Lipinski definition) is 1. The highest BCUT2D eigenvalue weighted by Crippen LogP contribution is 2.21. The van der Waals surface area contributed by atoms with E-state index in [1.54, 1.807) is 11.3 Å². The fourth-order valence-corrected chi connectivity index (χ4v) is 2.24. The molecule has 0 aliphatic rings. The summed E-state index contributed by atoms with van der Waals surface area (Å²) in [7, 11) is 0. The minimum Gasteiger partial charge on any atom is -0.356 e. The van der Waals surface area contributed by atoms with E-state index in [0.29, 0.717) is 6.54 Å². The third kappa shape index (κ3) is 4.22. The van der Waals surface area contributed by atoms with E-state index in [1.165, 1.54) is 4.88 Å². The fraction of sp³-hybridized carbons (Fsp3) is 0.545. The van der Waals surface area contributed by atoms with E-state index >= 15 is 0 Å². The van der Waals surface area contributed by atoms with Crippen molar-refractivity contribution in [2.75, 3.05) is 6.54 Å². The Morgan fingerprint density at radius 3 is 2.87 bits per heavy atom. The van der Waals surface area contributed by atoms with Crippen LogP contribution in [0.4, 0.5) is 0 Å². The van der Waals surface area contributed by atoms with Crippen molar-refractivity contribution in [2.45, 2.75) is 26.7 Å². The topological polar surface area (TPSA) is 29.1 Å². The van der Waals surface area contributed by atoms with Crippen molar-refractivity contribution in [3.8, 4) is 0 Å². The van der Waals surface area contributed by atoms with Gasteiger partial charge in [-0.1, -0.05) is 25.4 Å². The lowest BCUT2D eigenvalue weighted by Crippen LogP contribution is -2.30. The highest BCUT2D eigenvalue weighted by molar-refractivity contribution is 7.16. The van der Waals surface area contributed by atoms with Gasteiger partial charge in [0.25, 0.3) is 0 Å². The van der Waals surface area contributed by atoms with Crippen molar-refractivity contribution in [1.29, 1.82) is 0 Å². The summed E-state index contributed by atoms with van der Waals surface area (Å²) in [5, 5.41) is 2.92. The summed E-state index contributed by atoms with van der Waals surface area (Å²) in [5.41, 5.74) is 0. The van der Waals surface area contributed by atoms with Crippen molar-refractivity contribution in [3.63, 3.8) is 0 Å². The summed E-state index contributed by atoms with van der Waals surface area (Å²) >= 11 is 7.37. The van der Waals surface area contributed by atoms with Crippen molar-refractivity contribution >= 4 is 28.8 Å². The van der Waals surface area contributed by atoms with Crippen LogP contribution in [0, 0.1) is 5.92 Å². The maximum Gasteiger partial charge on any atom is 0.222 e. The van der Waals surface area contributed by atoms with Gasteiger partial charge in [-0.05, 0) is 25.0 Å². The summed E-state index contributed by atoms with van der Waals surface area (Å²) < 4.78 is 0.804. The molecule has 1 amide bonds. The number of carbonyl (C=O) groups is 1. The van der Waals surface area contributed by atoms with Gasteiger partial charge in [-0.3, -0.25) is 4.79 Å². The minimum absolute atomic E-state index is 0.108. The van der Waals surface area contributed by atoms with Crippen LogP contribution in [0.5, 0.6) is 0 Å². The highest BCUT2D eigenvalue weighted by Gasteiger charge is 2.09. The Morgan fingerprint density at radius 2 is 2.33 bits per heavy atom. The van der Waals surface area contributed by atoms with E-state index in [-0.39, 0.29) is 11.8 Å². The van der Waals surface area contributed by atoms with Crippen LogP contribution < -0.4 is 5.32 Å². The summed E-state index contributed by atoms with van der Waals surface area (Å²) in [5.74, 6) is 0.247. The molecule has 1 unspecified atom stereocenters. The smallest absolute Gasteiger partial charge is 0.222 e. The zero-order valence-corrected chi connectivity index (χ0v) is 10.6. The summed E-state index contributed by atoms with van der Waals surface area (Å²) in [6, 6.07) is 3.89. The van der Waals surface area contributed by atoms with Gasteiger partial charge in [-0.2, -0.15) is 0 Å². The molecular weight excluding hydrogens is 230 g/mol. The number of rotatable bonds is 5. The molecule has 0 aromatic carbocycles. The van der Waals surface area contributed by atoms with Gasteiger partial charge in [0.1, 0.15) is 0 Å². The molecule has 0 fully saturated rings. The number of thiophene rings is 1. The van der Waals surface area contributed by atoms with Gasteiger partial charge in [-0.25, -0.2) is 0 Å². The third-order valence-electron chi connectivity index (χ3n) is 2.36. The summed E-state index contributed by atoms with van der Waals surface area (Å²) in [6.07, 6.45) is 1.75. The zero-order chi connectivity index (χ0) is 11.3. The van der Waals surface area contributed by atoms with Crippen LogP contribution in [-0.4, -0.2) is 12.5 Å². The lowest BCUT2D eigenvalue weighted by molar-refractivity contribution is -0.124. The fourth-order valence-electron chi connectivity index (χ4n) is 1.15. The molecule has 0 spiro atoms. The van der Waals surface area contributed by atoms with E-state index in [1.807, 2.05) is 26.0 Å². The van der Waals surface area contributed by atoms with E-state index in [2.05, 4.69) is 5.32 Å². The molecule has 0 saturated heterocycles. The highest BCUT2D eigenvalue weighted by atomic mass is 35.5. The maximum absolute atomic E-state index is 11.4. The van der Waals surface area contributed by atoms with Crippen LogP contribution in [0.1, 0.15) is 25.1 Å². The molecular formula is C11H16ClNOS. The molecule has 1 atom stereocenters. The van der Waals surface area contributed by atoms with Gasteiger partial charge >= 0.3 is 0 Å². The molecule has 1 aromatic rings. The number of nitrogens with one attached hydrogen (secondary N) is 1. The Labute approximate surface area is 99.6 Å². The normalized spacial score (nSPS) is 12.5. The van der Waals surface area contributed by atoms with Gasteiger partial charge in [0, 0.05) is 17.3 Å². The Balaban J connectivity index is 2.24. The third-order valence-corrected chi connectivity index (χ3v) is 3.65. The molecule has 1 N–H and O–H groups in total. The maximum atomic E-state index is 11.4. The molecule has 2 nitrogen and oxygen atoms in total. The molecule has 0 radical (unpaired) electrons. The lowest BCUT2D eigenvalue weighted by atomic mass is 10.1. The lowest BCUT2D eigenvalue weighted by Gasteiger charge is -2.08. The first kappa shape index (κ1) is 12.5. The average molecular weight is 246 g/mol. The number of carbonyl (C=O) groups excluding carboxylic acids is 1. The van der Waals surface area contributed by atoms with E-state index in [4.69, 9.17) is 11.6 Å². The molecule has 0 aliphatic carbocycles. The molecule has 0 bridgehead atoms. The van der Waals surface area contributed by atoms with Crippen LogP contribution in [-0.2, 0) is 11.2 Å². The average Bonchev–Trinajstić information content (AvgIpc) is 2.63. The van der Waals surface area contributed by atoms with Crippen LogP contribution in [0.25, 0.3) is 0 Å². The van der Waals surface area contributed by atoms with Crippen LogP contribution in [0.2, 0.25) is 4.34 Å². The Morgan fingerprint density at radius 1 is 1.60 bits per heavy atom. The Hall–Kier alpha value is -0.540. The predicted octanol–water partition coefficient (Wildman–Crippen LogP) is 3.11. The minimum atomic E-state index is 0.108. The first-order valence-corrected chi connectivity index (χ1v) is 6.34. The molecule has 0 aliphatic heterocycles. The largest absolute Gasteiger partial charge is 0.356 e. The van der Waals surface area contributed by atoms with Crippen LogP contribution in [0.3, 0.4) is 0 Å². The van der Waals surface area contributed by atoms with Gasteiger partial charge in [-0.15, -0.1) is 11.3 Å². The monoisotopic (exact) mass is 245 g/mol. The second kappa shape index (κ2) is 6.13. The molecule has 15 heavy (non-hydrogen) atoms. The first-order valence-electron chi connectivity index (χ1n) is 5.15. The Bertz CT molecular complexity index is 324. The van der Waals surface area contributed by atoms with Gasteiger partial charge in [0.05, 0.1) is 4.34 Å². The summed E-state index contributed by atoms with van der Waals surface area (Å²) in [4.78, 5) is 12.6. The van der Waals surface area contributed by atoms with Gasteiger partial charge in [0.2, 0.25) is 5.91 Å². The predicted molar refractivity (Wildman–Crippen MR) is 65.5 cm³/mol. The van der Waals surface area contributed by atoms with Crippen molar-refractivity contribution < 1.29 is 4.79 Å². The molecule has 0 saturated carbocycles. The van der Waals surface area contributed by atoms with E-state index in [9.17, 15) is 4.79 Å². The summed E-state index contributed by atoms with van der Waals surface area (Å²) in [6.45, 7) is 4.65. The van der Waals surface area contributed by atoms with Crippen LogP contribution >= 0.6 is 22.9 Å². The van der Waals surface area contributed by atoms with Crippen LogP contribution in [0.15, 0.2) is 12.1 Å². The first-order chi connectivity index (χ1) is 7.13. The SMILES string of the molecule is CCC(C)C(=O)NCCc1ccc(Cl)s1. The molecule has 1 aromatic heterocycles. The quantitative estimate of drug-likeness (QED) is 0.849. The van der Waals surface area contributed by atoms with E-state index in [0.717, 1.165) is 17.2 Å². The van der Waals surface area contributed by atoms with Crippen molar-refractivity contribution in [2.24, 2.45) is 5.92 Å². The Kier molecular flexibility index (Phi) is 5.12. The van der Waals surface area contributed by atoms with Crippen molar-refractivity contribution in [1.82, 2.24) is 5.32 Å². The number of amides is 1. The molecule has 1 heterocycles. The standard InChI is InChI=1S/C11H16ClNOS/c1-3-8(2)11(14)13-7-6-9-4-5-10(12)15-9/h4-5,8H,3,6-7H2,1-2H3,(H,13,14). The van der Waals surface area contributed by atoms with Crippen molar-refractivity contribution in [3.05, 3.63) is 21.3 Å². The van der Waals surface area contributed by atoms with Gasteiger partial charge < -0.3 is 5.32 Å². The van der Waals surface area contributed by atoms with E-state index < -0.39 is 0 Å².